The fourth-order valence-electron chi connectivity index (χ4n) is 3.30. The van der Waals surface area contributed by atoms with Gasteiger partial charge in [0.2, 0.25) is 5.91 Å². The summed E-state index contributed by atoms with van der Waals surface area (Å²) in [4.78, 5) is 52.9. The Balaban J connectivity index is 1.43. The summed E-state index contributed by atoms with van der Waals surface area (Å²) >= 11 is 0. The molecule has 0 aliphatic rings. The van der Waals surface area contributed by atoms with Crippen LogP contribution in [0.2, 0.25) is 0 Å². The number of amides is 2. The second-order valence-corrected chi connectivity index (χ2v) is 7.11. The van der Waals surface area contributed by atoms with Gasteiger partial charge in [0.05, 0.1) is 34.3 Å². The van der Waals surface area contributed by atoms with Crippen molar-refractivity contribution in [2.75, 3.05) is 11.9 Å². The molecule has 0 radical (unpaired) electrons. The first-order valence-corrected chi connectivity index (χ1v) is 9.65. The molecule has 4 rings (SSSR count). The summed E-state index contributed by atoms with van der Waals surface area (Å²) in [5, 5.41) is 14.0. The van der Waals surface area contributed by atoms with E-state index in [0.717, 1.165) is 11.4 Å². The Morgan fingerprint density at radius 2 is 1.84 bits per heavy atom. The Bertz CT molecular complexity index is 1450. The topological polar surface area (TPSA) is 155 Å². The predicted octanol–water partition coefficient (Wildman–Crippen LogP) is 0.782. The van der Waals surface area contributed by atoms with Crippen molar-refractivity contribution < 1.29 is 9.59 Å². The lowest BCUT2D eigenvalue weighted by molar-refractivity contribution is -0.115. The molecule has 0 unspecified atom stereocenters. The fourth-order valence-corrected chi connectivity index (χ4v) is 3.30. The molecular formula is C21H19N7O4. The molecule has 11 heteroatoms. The Morgan fingerprint density at radius 3 is 2.53 bits per heavy atom. The average molecular weight is 433 g/mol. The Kier molecular flexibility index (Phi) is 5.37. The lowest BCUT2D eigenvalue weighted by Crippen LogP contribution is -2.33. The van der Waals surface area contributed by atoms with E-state index >= 15 is 0 Å². The monoisotopic (exact) mass is 433 g/mol. The summed E-state index contributed by atoms with van der Waals surface area (Å²) in [5.74, 6) is -0.474. The lowest BCUT2D eigenvalue weighted by Gasteiger charge is -2.09. The number of hydrogen-bond donors (Lipinski definition) is 4. The van der Waals surface area contributed by atoms with Crippen molar-refractivity contribution in [2.45, 2.75) is 13.8 Å². The molecule has 162 valence electrons. The number of aromatic amines is 2. The van der Waals surface area contributed by atoms with Gasteiger partial charge in [0.1, 0.15) is 0 Å². The van der Waals surface area contributed by atoms with Gasteiger partial charge in [-0.2, -0.15) is 5.10 Å². The number of anilines is 1. The summed E-state index contributed by atoms with van der Waals surface area (Å²) in [5.41, 5.74) is 1.18. The molecule has 0 bridgehead atoms. The minimum atomic E-state index is -0.558. The smallest absolute Gasteiger partial charge is 0.272 e. The van der Waals surface area contributed by atoms with Gasteiger partial charge in [-0.15, -0.1) is 0 Å². The zero-order valence-corrected chi connectivity index (χ0v) is 17.2. The minimum absolute atomic E-state index is 0.0554. The van der Waals surface area contributed by atoms with Crippen LogP contribution in [0, 0.1) is 13.8 Å². The largest absolute Gasteiger partial charge is 0.343 e. The van der Waals surface area contributed by atoms with Gasteiger partial charge in [-0.1, -0.05) is 6.07 Å². The number of rotatable bonds is 5. The Labute approximate surface area is 180 Å². The molecule has 4 N–H and O–H groups in total. The van der Waals surface area contributed by atoms with E-state index in [9.17, 15) is 19.2 Å². The highest BCUT2D eigenvalue weighted by molar-refractivity contribution is 6.04. The number of aromatic nitrogens is 5. The molecule has 0 aliphatic carbocycles. The third kappa shape index (κ3) is 4.03. The maximum Gasteiger partial charge on any atom is 0.272 e. The number of nitrogens with zero attached hydrogens (tertiary/aromatic N) is 3. The number of H-pyrrole nitrogens is 2. The van der Waals surface area contributed by atoms with Crippen molar-refractivity contribution in [3.63, 3.8) is 0 Å². The summed E-state index contributed by atoms with van der Waals surface area (Å²) in [6.07, 6.45) is 1.40. The highest BCUT2D eigenvalue weighted by Crippen LogP contribution is 2.16. The van der Waals surface area contributed by atoms with E-state index in [0.29, 0.717) is 5.82 Å². The second-order valence-electron chi connectivity index (χ2n) is 7.11. The molecule has 1 aromatic carbocycles. The van der Waals surface area contributed by atoms with Gasteiger partial charge in [0.15, 0.2) is 5.82 Å². The molecule has 0 fully saturated rings. The maximum atomic E-state index is 12.4. The van der Waals surface area contributed by atoms with Gasteiger partial charge in [0, 0.05) is 11.9 Å². The molecule has 3 heterocycles. The van der Waals surface area contributed by atoms with Crippen LogP contribution in [0.15, 0.2) is 52.2 Å². The normalized spacial score (nSPS) is 10.8. The maximum absolute atomic E-state index is 12.4. The van der Waals surface area contributed by atoms with Crippen molar-refractivity contribution in [2.24, 2.45) is 0 Å². The van der Waals surface area contributed by atoms with Crippen LogP contribution >= 0.6 is 0 Å². The molecule has 0 aliphatic heterocycles. The van der Waals surface area contributed by atoms with Gasteiger partial charge in [-0.3, -0.25) is 29.4 Å². The van der Waals surface area contributed by atoms with Gasteiger partial charge in [0.25, 0.3) is 17.0 Å². The molecule has 0 saturated heterocycles. The number of carbonyl (C=O) groups is 2. The summed E-state index contributed by atoms with van der Waals surface area (Å²) in [7, 11) is 0. The van der Waals surface area contributed by atoms with Crippen molar-refractivity contribution in [1.29, 1.82) is 0 Å². The molecule has 0 saturated carbocycles. The van der Waals surface area contributed by atoms with E-state index in [1.807, 2.05) is 19.9 Å². The summed E-state index contributed by atoms with van der Waals surface area (Å²) in [6.45, 7) is 3.44. The third-order valence-electron chi connectivity index (χ3n) is 4.75. The molecule has 0 atom stereocenters. The first-order valence-electron chi connectivity index (χ1n) is 9.65. The molecule has 11 nitrogen and oxygen atoms in total. The molecule has 4 aromatic rings. The molecule has 32 heavy (non-hydrogen) atoms. The van der Waals surface area contributed by atoms with Crippen LogP contribution in [0.5, 0.6) is 0 Å². The number of carbonyl (C=O) groups excluding carboxylic acids is 2. The first-order chi connectivity index (χ1) is 15.3. The standard InChI is InChI=1S/C21H19N7O4/c1-11-8-12(2)28(27-11)16-7-6-13(9-22-16)19(30)23-10-17(29)24-15-5-3-4-14-18(15)21(32)26-25-20(14)31/h3-9H,10H2,1-2H3,(H,23,30)(H,24,29)(H,25,31)(H,26,32). The Hall–Kier alpha value is -4.54. The van der Waals surface area contributed by atoms with E-state index in [4.69, 9.17) is 0 Å². The van der Waals surface area contributed by atoms with E-state index in [1.165, 1.54) is 18.3 Å². The minimum Gasteiger partial charge on any atom is -0.343 e. The number of nitrogens with one attached hydrogen (secondary N) is 4. The molecule has 0 spiro atoms. The average Bonchev–Trinajstić information content (AvgIpc) is 3.12. The molecular weight excluding hydrogens is 414 g/mol. The van der Waals surface area contributed by atoms with Gasteiger partial charge >= 0.3 is 0 Å². The van der Waals surface area contributed by atoms with Crippen LogP contribution in [0.25, 0.3) is 16.6 Å². The number of aryl methyl sites for hydroxylation is 2. The van der Waals surface area contributed by atoms with Crippen LogP contribution < -0.4 is 21.8 Å². The third-order valence-corrected chi connectivity index (χ3v) is 4.75. The van der Waals surface area contributed by atoms with Crippen molar-refractivity contribution >= 4 is 28.3 Å². The van der Waals surface area contributed by atoms with Gasteiger partial charge in [-0.25, -0.2) is 9.67 Å². The summed E-state index contributed by atoms with van der Waals surface area (Å²) in [6, 6.07) is 9.68. The highest BCUT2D eigenvalue weighted by Gasteiger charge is 2.13. The zero-order chi connectivity index (χ0) is 22.8. The first kappa shape index (κ1) is 20.7. The quantitative estimate of drug-likeness (QED) is 0.365. The van der Waals surface area contributed by atoms with Crippen LogP contribution in [-0.2, 0) is 4.79 Å². The highest BCUT2D eigenvalue weighted by atomic mass is 16.2. The lowest BCUT2D eigenvalue weighted by atomic mass is 10.1. The molecule has 2 amide bonds. The van der Waals surface area contributed by atoms with E-state index in [-0.39, 0.29) is 28.6 Å². The van der Waals surface area contributed by atoms with Crippen LogP contribution in [0.3, 0.4) is 0 Å². The van der Waals surface area contributed by atoms with Crippen molar-refractivity contribution in [3.8, 4) is 5.82 Å². The SMILES string of the molecule is Cc1cc(C)n(-c2ccc(C(=O)NCC(=O)Nc3cccc4c(=O)[nH][nH]c(=O)c34)cn2)n1. The Morgan fingerprint density at radius 1 is 1.06 bits per heavy atom. The molecule has 3 aromatic heterocycles. The fraction of sp³-hybridized carbons (Fsp3) is 0.143. The van der Waals surface area contributed by atoms with E-state index in [2.05, 4.69) is 30.9 Å². The van der Waals surface area contributed by atoms with Crippen molar-refractivity contribution in [3.05, 3.63) is 80.3 Å². The predicted molar refractivity (Wildman–Crippen MR) is 117 cm³/mol. The van der Waals surface area contributed by atoms with Gasteiger partial charge in [-0.05, 0) is 44.2 Å². The summed E-state index contributed by atoms with van der Waals surface area (Å²) < 4.78 is 1.67. The van der Waals surface area contributed by atoms with E-state index < -0.39 is 22.9 Å². The van der Waals surface area contributed by atoms with Crippen LogP contribution in [0.4, 0.5) is 5.69 Å². The van der Waals surface area contributed by atoms with Crippen LogP contribution in [0.1, 0.15) is 21.7 Å². The number of hydrogen-bond acceptors (Lipinski definition) is 6. The number of pyridine rings is 1. The second kappa shape index (κ2) is 8.30. The number of benzene rings is 1. The zero-order valence-electron chi connectivity index (χ0n) is 17.2. The van der Waals surface area contributed by atoms with E-state index in [1.54, 1.807) is 22.9 Å². The number of fused-ring (bicyclic) bond motifs is 1. The van der Waals surface area contributed by atoms with Gasteiger partial charge < -0.3 is 10.6 Å². The van der Waals surface area contributed by atoms with Crippen molar-refractivity contribution in [1.82, 2.24) is 30.3 Å². The van der Waals surface area contributed by atoms with Crippen LogP contribution in [-0.4, -0.2) is 43.3 Å².